The molecule has 0 saturated carbocycles. The van der Waals surface area contributed by atoms with Gasteiger partial charge in [-0.3, -0.25) is 9.59 Å². The van der Waals surface area contributed by atoms with E-state index in [0.717, 1.165) is 25.9 Å². The van der Waals surface area contributed by atoms with Crippen LogP contribution in [0.5, 0.6) is 0 Å². The normalized spacial score (nSPS) is 15.8. The smallest absolute Gasteiger partial charge is 0.239 e. The second-order valence-corrected chi connectivity index (χ2v) is 5.17. The maximum absolute atomic E-state index is 11.8. The topological polar surface area (TPSA) is 75.4 Å². The molecule has 106 valence electrons. The van der Waals surface area contributed by atoms with E-state index in [1.54, 1.807) is 13.8 Å². The van der Waals surface area contributed by atoms with Crippen LogP contribution in [-0.4, -0.2) is 41.9 Å². The van der Waals surface area contributed by atoms with Crippen LogP contribution in [0.1, 0.15) is 39.5 Å². The lowest BCUT2D eigenvalue weighted by Gasteiger charge is -2.27. The molecule has 1 aliphatic rings. The van der Waals surface area contributed by atoms with E-state index in [1.807, 2.05) is 4.90 Å². The Hall–Kier alpha value is -0.810. The highest BCUT2D eigenvalue weighted by molar-refractivity contribution is 5.86. The van der Waals surface area contributed by atoms with Crippen LogP contribution in [0, 0.1) is 0 Å². The van der Waals surface area contributed by atoms with Crippen molar-refractivity contribution in [2.24, 2.45) is 5.73 Å². The van der Waals surface area contributed by atoms with Crippen LogP contribution in [0.15, 0.2) is 0 Å². The van der Waals surface area contributed by atoms with Crippen molar-refractivity contribution >= 4 is 24.2 Å². The molecular weight excluding hydrogens is 254 g/mol. The van der Waals surface area contributed by atoms with Crippen molar-refractivity contribution in [1.29, 1.82) is 0 Å². The van der Waals surface area contributed by atoms with Gasteiger partial charge >= 0.3 is 0 Å². The average molecular weight is 278 g/mol. The number of likely N-dealkylation sites (tertiary alicyclic amines) is 1. The predicted molar refractivity (Wildman–Crippen MR) is 73.6 cm³/mol. The van der Waals surface area contributed by atoms with Crippen molar-refractivity contribution in [1.82, 2.24) is 10.2 Å². The molecule has 0 aromatic heterocycles. The van der Waals surface area contributed by atoms with Gasteiger partial charge in [-0.2, -0.15) is 0 Å². The number of halogens is 1. The molecule has 0 atom stereocenters. The first-order valence-electron chi connectivity index (χ1n) is 6.26. The Labute approximate surface area is 115 Å². The summed E-state index contributed by atoms with van der Waals surface area (Å²) in [6, 6.07) is 0. The lowest BCUT2D eigenvalue weighted by molar-refractivity contribution is -0.132. The van der Waals surface area contributed by atoms with Gasteiger partial charge in [-0.1, -0.05) is 0 Å². The number of amides is 2. The van der Waals surface area contributed by atoms with Gasteiger partial charge < -0.3 is 16.0 Å². The largest absolute Gasteiger partial charge is 0.354 e. The Morgan fingerprint density at radius 2 is 1.78 bits per heavy atom. The molecule has 0 aromatic carbocycles. The Morgan fingerprint density at radius 1 is 1.22 bits per heavy atom. The van der Waals surface area contributed by atoms with E-state index in [0.29, 0.717) is 13.0 Å². The van der Waals surface area contributed by atoms with Crippen LogP contribution in [0.4, 0.5) is 0 Å². The number of rotatable bonds is 4. The number of nitrogens with zero attached hydrogens (tertiary/aromatic N) is 1. The minimum Gasteiger partial charge on any atom is -0.354 e. The van der Waals surface area contributed by atoms with Gasteiger partial charge in [-0.25, -0.2) is 0 Å². The number of carbonyl (C=O) groups is 2. The minimum atomic E-state index is -0.881. The molecule has 1 heterocycles. The molecule has 0 aliphatic carbocycles. The van der Waals surface area contributed by atoms with Crippen molar-refractivity contribution < 1.29 is 9.59 Å². The van der Waals surface area contributed by atoms with Crippen LogP contribution in [0.25, 0.3) is 0 Å². The van der Waals surface area contributed by atoms with Gasteiger partial charge in [0.1, 0.15) is 0 Å². The molecule has 2 amide bonds. The monoisotopic (exact) mass is 277 g/mol. The number of hydrogen-bond acceptors (Lipinski definition) is 3. The van der Waals surface area contributed by atoms with Gasteiger partial charge in [0, 0.05) is 26.1 Å². The Morgan fingerprint density at radius 3 is 2.28 bits per heavy atom. The highest BCUT2D eigenvalue weighted by Gasteiger charge is 2.22. The number of hydrogen-bond donors (Lipinski definition) is 2. The third-order valence-electron chi connectivity index (χ3n) is 2.92. The van der Waals surface area contributed by atoms with Crippen molar-refractivity contribution in [3.63, 3.8) is 0 Å². The molecule has 3 N–H and O–H groups in total. The van der Waals surface area contributed by atoms with Gasteiger partial charge in [0.05, 0.1) is 5.54 Å². The van der Waals surface area contributed by atoms with Crippen molar-refractivity contribution in [3.8, 4) is 0 Å². The minimum absolute atomic E-state index is 0. The summed E-state index contributed by atoms with van der Waals surface area (Å²) in [5.41, 5.74) is 4.75. The Balaban J connectivity index is 0.00000289. The maximum atomic E-state index is 11.8. The standard InChI is InChI=1S/C12H23N3O2.ClH/c1-12(2,13)11(17)14-7-6-10(16)15-8-4-3-5-9-15;/h3-9,13H2,1-2H3,(H,14,17);1H. The fourth-order valence-electron chi connectivity index (χ4n) is 1.81. The van der Waals surface area contributed by atoms with Gasteiger partial charge in [0.15, 0.2) is 0 Å². The molecule has 18 heavy (non-hydrogen) atoms. The van der Waals surface area contributed by atoms with Crippen LogP contribution < -0.4 is 11.1 Å². The summed E-state index contributed by atoms with van der Waals surface area (Å²) < 4.78 is 0. The third kappa shape index (κ3) is 5.69. The van der Waals surface area contributed by atoms with Gasteiger partial charge in [-0.15, -0.1) is 12.4 Å². The first-order valence-corrected chi connectivity index (χ1v) is 6.26. The van der Waals surface area contributed by atoms with Crippen molar-refractivity contribution in [2.45, 2.75) is 45.1 Å². The summed E-state index contributed by atoms with van der Waals surface area (Å²) in [5.74, 6) is -0.0937. The first kappa shape index (κ1) is 17.2. The van der Waals surface area contributed by atoms with Crippen LogP contribution >= 0.6 is 12.4 Å². The molecule has 6 heteroatoms. The van der Waals surface area contributed by atoms with Crippen LogP contribution in [0.3, 0.4) is 0 Å². The second-order valence-electron chi connectivity index (χ2n) is 5.17. The summed E-state index contributed by atoms with van der Waals surface area (Å²) in [5, 5.41) is 2.68. The zero-order chi connectivity index (χ0) is 12.9. The fraction of sp³-hybridized carbons (Fsp3) is 0.833. The second kappa shape index (κ2) is 7.59. The molecule has 0 aromatic rings. The molecular formula is C12H24ClN3O2. The van der Waals surface area contributed by atoms with Gasteiger partial charge in [-0.05, 0) is 33.1 Å². The van der Waals surface area contributed by atoms with E-state index in [4.69, 9.17) is 5.73 Å². The zero-order valence-electron chi connectivity index (χ0n) is 11.2. The zero-order valence-corrected chi connectivity index (χ0v) is 12.0. The highest BCUT2D eigenvalue weighted by Crippen LogP contribution is 2.09. The molecule has 0 bridgehead atoms. The number of piperidine rings is 1. The summed E-state index contributed by atoms with van der Waals surface area (Å²) >= 11 is 0. The molecule has 0 radical (unpaired) electrons. The summed E-state index contributed by atoms with van der Waals surface area (Å²) in [7, 11) is 0. The first-order chi connectivity index (χ1) is 7.91. The van der Waals surface area contributed by atoms with E-state index in [9.17, 15) is 9.59 Å². The van der Waals surface area contributed by atoms with E-state index >= 15 is 0 Å². The molecule has 0 spiro atoms. The number of nitrogens with two attached hydrogens (primary N) is 1. The van der Waals surface area contributed by atoms with Crippen LogP contribution in [-0.2, 0) is 9.59 Å². The molecule has 1 fully saturated rings. The molecule has 5 nitrogen and oxygen atoms in total. The molecule has 1 saturated heterocycles. The van der Waals surface area contributed by atoms with Crippen LogP contribution in [0.2, 0.25) is 0 Å². The van der Waals surface area contributed by atoms with Gasteiger partial charge in [0.25, 0.3) is 0 Å². The van der Waals surface area contributed by atoms with E-state index < -0.39 is 5.54 Å². The molecule has 1 aliphatic heterocycles. The lowest BCUT2D eigenvalue weighted by Crippen LogP contribution is -2.49. The Bertz CT molecular complexity index is 284. The van der Waals surface area contributed by atoms with Crippen molar-refractivity contribution in [3.05, 3.63) is 0 Å². The third-order valence-corrected chi connectivity index (χ3v) is 2.92. The quantitative estimate of drug-likeness (QED) is 0.793. The number of nitrogens with one attached hydrogen (secondary N) is 1. The highest BCUT2D eigenvalue weighted by atomic mass is 35.5. The summed E-state index contributed by atoms with van der Waals surface area (Å²) in [4.78, 5) is 25.1. The van der Waals surface area contributed by atoms with Crippen molar-refractivity contribution in [2.75, 3.05) is 19.6 Å². The van der Waals surface area contributed by atoms with Gasteiger partial charge in [0.2, 0.25) is 11.8 Å². The summed E-state index contributed by atoms with van der Waals surface area (Å²) in [6.07, 6.45) is 3.76. The molecule has 0 unspecified atom stereocenters. The molecule has 1 rings (SSSR count). The average Bonchev–Trinajstić information content (AvgIpc) is 2.28. The van der Waals surface area contributed by atoms with E-state index in [2.05, 4.69) is 5.32 Å². The number of carbonyl (C=O) groups excluding carboxylic acids is 2. The maximum Gasteiger partial charge on any atom is 0.239 e. The lowest BCUT2D eigenvalue weighted by atomic mass is 10.1. The SMILES string of the molecule is CC(C)(N)C(=O)NCCC(=O)N1CCCCC1.Cl. The Kier molecular flexibility index (Phi) is 7.25. The summed E-state index contributed by atoms with van der Waals surface area (Å²) in [6.45, 7) is 5.38. The predicted octanol–water partition coefficient (Wildman–Crippen LogP) is 0.664. The fourth-order valence-corrected chi connectivity index (χ4v) is 1.81. The van der Waals surface area contributed by atoms with E-state index in [-0.39, 0.29) is 24.2 Å². The van der Waals surface area contributed by atoms with E-state index in [1.165, 1.54) is 6.42 Å².